The van der Waals surface area contributed by atoms with Crippen LogP contribution in [-0.4, -0.2) is 35.3 Å². The predicted octanol–water partition coefficient (Wildman–Crippen LogP) is 4.02. The minimum absolute atomic E-state index is 0.196. The highest BCUT2D eigenvalue weighted by Crippen LogP contribution is 2.32. The molecule has 0 spiro atoms. The van der Waals surface area contributed by atoms with Crippen molar-refractivity contribution in [1.29, 1.82) is 0 Å². The second kappa shape index (κ2) is 7.89. The van der Waals surface area contributed by atoms with E-state index in [2.05, 4.69) is 9.98 Å². The fourth-order valence-corrected chi connectivity index (χ4v) is 2.79. The molecule has 134 valence electrons. The molecule has 2 heterocycles. The molecule has 1 N–H and O–H groups in total. The molecule has 1 aromatic rings. The van der Waals surface area contributed by atoms with E-state index >= 15 is 0 Å². The second-order valence-electron chi connectivity index (χ2n) is 5.23. The molecule has 0 aromatic carbocycles. The van der Waals surface area contributed by atoms with Crippen molar-refractivity contribution < 1.29 is 19.1 Å². The first-order chi connectivity index (χ1) is 11.8. The van der Waals surface area contributed by atoms with Crippen LogP contribution in [0.5, 0.6) is 0 Å². The Bertz CT molecular complexity index is 819. The number of aromatic nitrogens is 1. The predicted molar refractivity (Wildman–Crippen MR) is 97.1 cm³/mol. The Labute approximate surface area is 155 Å². The van der Waals surface area contributed by atoms with Crippen LogP contribution in [0.25, 0.3) is 6.08 Å². The van der Waals surface area contributed by atoms with Gasteiger partial charge in [0.1, 0.15) is 10.3 Å². The SMILES string of the molecule is CCOC(=O)C1=C(C)C(Cl)=N/C1=C\c1[nH]c(Cl)c(C)c1C(=O)OCC. The molecule has 0 fully saturated rings. The number of esters is 2. The van der Waals surface area contributed by atoms with Crippen molar-refractivity contribution in [2.24, 2.45) is 4.99 Å². The number of nitrogens with zero attached hydrogens (tertiary/aromatic N) is 1. The van der Waals surface area contributed by atoms with Gasteiger partial charge in [0.05, 0.1) is 35.7 Å². The van der Waals surface area contributed by atoms with Gasteiger partial charge in [-0.1, -0.05) is 23.2 Å². The van der Waals surface area contributed by atoms with Crippen LogP contribution in [0.1, 0.15) is 42.4 Å². The average molecular weight is 385 g/mol. The highest BCUT2D eigenvalue weighted by molar-refractivity contribution is 6.70. The summed E-state index contributed by atoms with van der Waals surface area (Å²) in [7, 11) is 0. The summed E-state index contributed by atoms with van der Waals surface area (Å²) in [6.45, 7) is 7.26. The minimum atomic E-state index is -0.530. The van der Waals surface area contributed by atoms with Gasteiger partial charge in [0.25, 0.3) is 0 Å². The van der Waals surface area contributed by atoms with Gasteiger partial charge in [-0.3, -0.25) is 0 Å². The van der Waals surface area contributed by atoms with E-state index < -0.39 is 11.9 Å². The van der Waals surface area contributed by atoms with Crippen molar-refractivity contribution in [2.75, 3.05) is 13.2 Å². The van der Waals surface area contributed by atoms with Gasteiger partial charge in [0.2, 0.25) is 0 Å². The lowest BCUT2D eigenvalue weighted by Gasteiger charge is -2.06. The van der Waals surface area contributed by atoms with E-state index in [0.717, 1.165) is 0 Å². The summed E-state index contributed by atoms with van der Waals surface area (Å²) in [6.07, 6.45) is 1.54. The lowest BCUT2D eigenvalue weighted by molar-refractivity contribution is -0.138. The standard InChI is InChI=1S/C17H18Cl2N2O4/c1-5-24-16(22)12-8(3)14(18)20-10(12)7-11-13(17(23)25-6-2)9(4)15(19)21-11/h7,20H,5-6H2,1-4H3/b11-7-. The molecule has 2 rings (SSSR count). The summed E-state index contributed by atoms with van der Waals surface area (Å²) in [6, 6.07) is 0. The number of hydrogen-bond donors (Lipinski definition) is 1. The zero-order chi connectivity index (χ0) is 18.7. The fraction of sp³-hybridized carbons (Fsp3) is 0.353. The van der Waals surface area contributed by atoms with Gasteiger partial charge in [-0.15, -0.1) is 0 Å². The molecule has 8 heteroatoms. The van der Waals surface area contributed by atoms with Crippen LogP contribution in [0.15, 0.2) is 21.8 Å². The van der Waals surface area contributed by atoms with Crippen LogP contribution in [-0.2, 0) is 14.3 Å². The monoisotopic (exact) mass is 384 g/mol. The Morgan fingerprint density at radius 2 is 1.72 bits per heavy atom. The lowest BCUT2D eigenvalue weighted by Crippen LogP contribution is -2.10. The van der Waals surface area contributed by atoms with Crippen molar-refractivity contribution in [2.45, 2.75) is 27.7 Å². The molecular formula is C17H18Cl2N2O4. The quantitative estimate of drug-likeness (QED) is 0.777. The van der Waals surface area contributed by atoms with Gasteiger partial charge in [-0.2, -0.15) is 0 Å². The van der Waals surface area contributed by atoms with Crippen molar-refractivity contribution in [3.05, 3.63) is 38.8 Å². The minimum Gasteiger partial charge on any atom is -0.462 e. The normalized spacial score (nSPS) is 15.6. The topological polar surface area (TPSA) is 80.8 Å². The van der Waals surface area contributed by atoms with Crippen molar-refractivity contribution >= 4 is 46.4 Å². The Balaban J connectivity index is 2.55. The Morgan fingerprint density at radius 1 is 1.12 bits per heavy atom. The zero-order valence-electron chi connectivity index (χ0n) is 14.3. The summed E-state index contributed by atoms with van der Waals surface area (Å²) in [5.41, 5.74) is 2.30. The van der Waals surface area contributed by atoms with E-state index in [1.807, 2.05) is 0 Å². The van der Waals surface area contributed by atoms with Gasteiger partial charge >= 0.3 is 11.9 Å². The number of aliphatic imine (C=N–C) groups is 1. The number of nitrogens with one attached hydrogen (secondary N) is 1. The van der Waals surface area contributed by atoms with Crippen molar-refractivity contribution in [3.8, 4) is 0 Å². The van der Waals surface area contributed by atoms with Crippen LogP contribution >= 0.6 is 23.2 Å². The van der Waals surface area contributed by atoms with E-state index in [9.17, 15) is 9.59 Å². The first kappa shape index (κ1) is 19.3. The van der Waals surface area contributed by atoms with E-state index in [1.54, 1.807) is 27.7 Å². The lowest BCUT2D eigenvalue weighted by atomic mass is 10.1. The molecule has 25 heavy (non-hydrogen) atoms. The summed E-state index contributed by atoms with van der Waals surface area (Å²) in [5.74, 6) is -1.04. The molecule has 0 amide bonds. The number of ether oxygens (including phenoxy) is 2. The van der Waals surface area contributed by atoms with Gasteiger partial charge in [0.15, 0.2) is 0 Å². The summed E-state index contributed by atoms with van der Waals surface area (Å²) < 4.78 is 10.1. The Hall–Kier alpha value is -2.05. The van der Waals surface area contributed by atoms with E-state index in [0.29, 0.717) is 33.2 Å². The molecule has 0 radical (unpaired) electrons. The van der Waals surface area contributed by atoms with Crippen LogP contribution in [0.4, 0.5) is 0 Å². The fourth-order valence-electron chi connectivity index (χ4n) is 2.40. The van der Waals surface area contributed by atoms with Crippen molar-refractivity contribution in [3.63, 3.8) is 0 Å². The maximum absolute atomic E-state index is 12.2. The molecular weight excluding hydrogens is 367 g/mol. The van der Waals surface area contributed by atoms with Crippen molar-refractivity contribution in [1.82, 2.24) is 4.98 Å². The van der Waals surface area contributed by atoms with Gasteiger partial charge in [-0.25, -0.2) is 14.6 Å². The smallest absolute Gasteiger partial charge is 0.340 e. The molecule has 0 saturated heterocycles. The molecule has 0 saturated carbocycles. The number of hydrogen-bond acceptors (Lipinski definition) is 5. The number of allylic oxidation sites excluding steroid dienone is 1. The molecule has 1 aliphatic rings. The second-order valence-corrected chi connectivity index (χ2v) is 5.96. The zero-order valence-corrected chi connectivity index (χ0v) is 15.8. The molecule has 0 unspecified atom stereocenters. The number of halogens is 2. The maximum atomic E-state index is 12.2. The highest BCUT2D eigenvalue weighted by atomic mass is 35.5. The Morgan fingerprint density at radius 3 is 2.32 bits per heavy atom. The third kappa shape index (κ3) is 3.80. The molecule has 0 aliphatic carbocycles. The summed E-state index contributed by atoms with van der Waals surface area (Å²) in [5, 5.41) is 0.503. The number of carbonyl (C=O) groups excluding carboxylic acids is 2. The summed E-state index contributed by atoms with van der Waals surface area (Å²) in [4.78, 5) is 31.5. The number of rotatable bonds is 5. The molecule has 1 aliphatic heterocycles. The van der Waals surface area contributed by atoms with Gasteiger partial charge < -0.3 is 14.5 Å². The number of carbonyl (C=O) groups is 2. The maximum Gasteiger partial charge on any atom is 0.340 e. The first-order valence-electron chi connectivity index (χ1n) is 7.71. The summed E-state index contributed by atoms with van der Waals surface area (Å²) >= 11 is 12.2. The average Bonchev–Trinajstić information content (AvgIpc) is 2.97. The number of aromatic amines is 1. The van der Waals surface area contributed by atoms with Crippen LogP contribution in [0.3, 0.4) is 0 Å². The molecule has 0 atom stereocenters. The molecule has 6 nitrogen and oxygen atoms in total. The largest absolute Gasteiger partial charge is 0.462 e. The van der Waals surface area contributed by atoms with E-state index in [1.165, 1.54) is 6.08 Å². The highest BCUT2D eigenvalue weighted by Gasteiger charge is 2.28. The Kier molecular flexibility index (Phi) is 6.08. The van der Waals surface area contributed by atoms with E-state index in [4.69, 9.17) is 32.7 Å². The van der Waals surface area contributed by atoms with Crippen LogP contribution in [0.2, 0.25) is 5.15 Å². The molecule has 0 bridgehead atoms. The van der Waals surface area contributed by atoms with Gasteiger partial charge in [0, 0.05) is 11.1 Å². The van der Waals surface area contributed by atoms with Crippen LogP contribution in [0, 0.1) is 6.92 Å². The third-order valence-electron chi connectivity index (χ3n) is 3.62. The van der Waals surface area contributed by atoms with Crippen LogP contribution < -0.4 is 0 Å². The first-order valence-corrected chi connectivity index (χ1v) is 8.47. The molecule has 1 aromatic heterocycles. The third-order valence-corrected chi connectivity index (χ3v) is 4.36. The number of H-pyrrole nitrogens is 1. The van der Waals surface area contributed by atoms with E-state index in [-0.39, 0.29) is 24.0 Å². The van der Waals surface area contributed by atoms with Gasteiger partial charge in [-0.05, 0) is 33.8 Å².